The topological polar surface area (TPSA) is 48.5 Å². The second-order valence-electron chi connectivity index (χ2n) is 17.2. The van der Waals surface area contributed by atoms with Gasteiger partial charge < -0.3 is 4.57 Å². The number of aromatic nitrogens is 5. The second-order valence-corrected chi connectivity index (χ2v) is 17.2. The Bertz CT molecular complexity index is 3880. The molecule has 68 heavy (non-hydrogen) atoms. The summed E-state index contributed by atoms with van der Waals surface area (Å²) < 4.78 is 4.74. The van der Waals surface area contributed by atoms with Crippen molar-refractivity contribution in [2.75, 3.05) is 0 Å². The molecule has 318 valence electrons. The zero-order valence-electron chi connectivity index (χ0n) is 36.9. The van der Waals surface area contributed by atoms with Crippen molar-refractivity contribution in [3.8, 4) is 78.9 Å². The number of nitrogens with zero attached hydrogens (tertiary/aromatic N) is 5. The average molecular weight is 868 g/mol. The third kappa shape index (κ3) is 6.68. The van der Waals surface area contributed by atoms with E-state index < -0.39 is 0 Å². The van der Waals surface area contributed by atoms with Gasteiger partial charge in [-0.2, -0.15) is 9.97 Å². The minimum Gasteiger partial charge on any atom is -0.309 e. The first-order valence-corrected chi connectivity index (χ1v) is 23.0. The van der Waals surface area contributed by atoms with Gasteiger partial charge in [-0.05, 0) is 81.4 Å². The van der Waals surface area contributed by atoms with Gasteiger partial charge in [-0.1, -0.05) is 206 Å². The molecule has 0 spiro atoms. The standard InChI is InChI=1S/C63H41N5/c1-6-20-42(21-7-1)47-34-35-51(50-39-48(43-22-8-2-9-23-43)38-49(40-50)44-24-10-3-11-25-44)58(41-47)67-56-33-19-17-31-54(56)59-57(67)37-36-53-52-30-16-18-32-55(52)68(60(53)59)63-65-61(45-26-12-4-13-27-45)64-62(66-63)46-28-14-5-15-29-46/h1-41H. The maximum Gasteiger partial charge on any atom is 0.238 e. The largest absolute Gasteiger partial charge is 0.309 e. The maximum atomic E-state index is 5.32. The first kappa shape index (κ1) is 39.2. The zero-order chi connectivity index (χ0) is 45.0. The number of hydrogen-bond donors (Lipinski definition) is 0. The average Bonchev–Trinajstić information content (AvgIpc) is 3.95. The Kier molecular flexibility index (Phi) is 9.43. The van der Waals surface area contributed by atoms with E-state index >= 15 is 0 Å². The van der Waals surface area contributed by atoms with E-state index in [-0.39, 0.29) is 0 Å². The molecular weight excluding hydrogens is 827 g/mol. The number of benzene rings is 10. The summed E-state index contributed by atoms with van der Waals surface area (Å²) in [5.41, 5.74) is 16.4. The smallest absolute Gasteiger partial charge is 0.238 e. The summed E-state index contributed by atoms with van der Waals surface area (Å²) >= 11 is 0. The van der Waals surface area contributed by atoms with Crippen LogP contribution in [0, 0.1) is 0 Å². The molecule has 0 aliphatic heterocycles. The quantitative estimate of drug-likeness (QED) is 0.153. The van der Waals surface area contributed by atoms with E-state index in [1.165, 1.54) is 11.1 Å². The second kappa shape index (κ2) is 16.4. The molecule has 13 rings (SSSR count). The molecule has 0 aliphatic rings. The molecule has 0 bridgehead atoms. The molecule has 3 aromatic heterocycles. The van der Waals surface area contributed by atoms with Crippen molar-refractivity contribution in [3.63, 3.8) is 0 Å². The fourth-order valence-corrected chi connectivity index (χ4v) is 10.0. The lowest BCUT2D eigenvalue weighted by molar-refractivity contribution is 0.955. The van der Waals surface area contributed by atoms with Gasteiger partial charge in [0.1, 0.15) is 0 Å². The zero-order valence-corrected chi connectivity index (χ0v) is 36.9. The first-order valence-electron chi connectivity index (χ1n) is 23.0. The molecule has 0 saturated carbocycles. The van der Waals surface area contributed by atoms with Crippen molar-refractivity contribution >= 4 is 43.6 Å². The van der Waals surface area contributed by atoms with Crippen molar-refractivity contribution < 1.29 is 0 Å². The van der Waals surface area contributed by atoms with Gasteiger partial charge in [0.15, 0.2) is 11.6 Å². The van der Waals surface area contributed by atoms with Crippen LogP contribution in [0.2, 0.25) is 0 Å². The van der Waals surface area contributed by atoms with Crippen LogP contribution in [0.1, 0.15) is 0 Å². The Morgan fingerprint density at radius 3 is 1.28 bits per heavy atom. The van der Waals surface area contributed by atoms with Crippen LogP contribution in [0.25, 0.3) is 123 Å². The van der Waals surface area contributed by atoms with E-state index in [1.54, 1.807) is 0 Å². The number of fused-ring (bicyclic) bond motifs is 7. The van der Waals surface area contributed by atoms with E-state index in [2.05, 4.69) is 221 Å². The minimum absolute atomic E-state index is 0.561. The fourth-order valence-electron chi connectivity index (χ4n) is 10.0. The molecule has 0 amide bonds. The van der Waals surface area contributed by atoms with Crippen molar-refractivity contribution in [2.45, 2.75) is 0 Å². The Labute approximate surface area is 393 Å². The SMILES string of the molecule is c1ccc(-c2cc(-c3ccccc3)cc(-c3ccc(-c4ccccc4)cc3-n3c4ccccc4c4c3ccc3c5ccccc5n(-c5nc(-c6ccccc6)nc(-c6ccccc6)n5)c34)c2)cc1. The van der Waals surface area contributed by atoms with Crippen LogP contribution < -0.4 is 0 Å². The van der Waals surface area contributed by atoms with Crippen molar-refractivity contribution in [1.82, 2.24) is 24.1 Å². The number of para-hydroxylation sites is 2. The van der Waals surface area contributed by atoms with Crippen LogP contribution >= 0.6 is 0 Å². The first-order chi connectivity index (χ1) is 33.7. The van der Waals surface area contributed by atoms with Gasteiger partial charge in [-0.3, -0.25) is 4.57 Å². The van der Waals surface area contributed by atoms with Crippen LogP contribution in [0.15, 0.2) is 249 Å². The predicted molar refractivity (Wildman–Crippen MR) is 281 cm³/mol. The lowest BCUT2D eigenvalue weighted by Crippen LogP contribution is -2.06. The lowest BCUT2D eigenvalue weighted by Gasteiger charge is -2.18. The van der Waals surface area contributed by atoms with E-state index in [0.717, 1.165) is 93.8 Å². The summed E-state index contributed by atoms with van der Waals surface area (Å²) in [4.78, 5) is 15.7. The van der Waals surface area contributed by atoms with Crippen LogP contribution in [0.4, 0.5) is 0 Å². The van der Waals surface area contributed by atoms with Gasteiger partial charge in [-0.15, -0.1) is 0 Å². The van der Waals surface area contributed by atoms with Crippen LogP contribution in [0.5, 0.6) is 0 Å². The molecule has 0 N–H and O–H groups in total. The highest BCUT2D eigenvalue weighted by Crippen LogP contribution is 2.45. The van der Waals surface area contributed by atoms with Crippen molar-refractivity contribution in [2.24, 2.45) is 0 Å². The van der Waals surface area contributed by atoms with E-state index in [4.69, 9.17) is 15.0 Å². The Morgan fingerprint density at radius 1 is 0.265 bits per heavy atom. The van der Waals surface area contributed by atoms with Crippen molar-refractivity contribution in [1.29, 1.82) is 0 Å². The maximum absolute atomic E-state index is 5.32. The third-order valence-electron chi connectivity index (χ3n) is 13.2. The Hall–Kier alpha value is -9.19. The van der Waals surface area contributed by atoms with Gasteiger partial charge in [0.05, 0.1) is 27.8 Å². The molecule has 0 aliphatic carbocycles. The van der Waals surface area contributed by atoms with E-state index in [1.807, 2.05) is 36.4 Å². The van der Waals surface area contributed by atoms with Gasteiger partial charge in [0.25, 0.3) is 0 Å². The summed E-state index contributed by atoms with van der Waals surface area (Å²) in [5.74, 6) is 1.79. The van der Waals surface area contributed by atoms with Gasteiger partial charge in [0.2, 0.25) is 5.95 Å². The number of rotatable bonds is 8. The molecule has 0 saturated heterocycles. The summed E-state index contributed by atoms with van der Waals surface area (Å²) in [6, 6.07) is 88.5. The Morgan fingerprint density at radius 2 is 0.721 bits per heavy atom. The molecule has 3 heterocycles. The van der Waals surface area contributed by atoms with Crippen LogP contribution in [-0.4, -0.2) is 24.1 Å². The van der Waals surface area contributed by atoms with Crippen LogP contribution in [-0.2, 0) is 0 Å². The van der Waals surface area contributed by atoms with E-state index in [9.17, 15) is 0 Å². The Balaban J connectivity index is 1.13. The van der Waals surface area contributed by atoms with Crippen molar-refractivity contribution in [3.05, 3.63) is 249 Å². The van der Waals surface area contributed by atoms with Gasteiger partial charge >= 0.3 is 0 Å². The predicted octanol–water partition coefficient (Wildman–Crippen LogP) is 16.1. The van der Waals surface area contributed by atoms with Gasteiger partial charge in [-0.25, -0.2) is 4.98 Å². The molecule has 5 heteroatoms. The monoisotopic (exact) mass is 867 g/mol. The fraction of sp³-hybridized carbons (Fsp3) is 0. The normalized spacial score (nSPS) is 11.5. The molecule has 0 atom stereocenters. The summed E-state index contributed by atoms with van der Waals surface area (Å²) in [7, 11) is 0. The summed E-state index contributed by atoms with van der Waals surface area (Å²) in [6.45, 7) is 0. The summed E-state index contributed by atoms with van der Waals surface area (Å²) in [5, 5.41) is 4.51. The third-order valence-corrected chi connectivity index (χ3v) is 13.2. The highest BCUT2D eigenvalue weighted by Gasteiger charge is 2.25. The molecule has 0 radical (unpaired) electrons. The highest BCUT2D eigenvalue weighted by molar-refractivity contribution is 6.26. The van der Waals surface area contributed by atoms with Gasteiger partial charge in [0, 0.05) is 38.2 Å². The molecule has 5 nitrogen and oxygen atoms in total. The molecule has 10 aromatic carbocycles. The molecule has 13 aromatic rings. The number of hydrogen-bond acceptors (Lipinski definition) is 3. The lowest BCUT2D eigenvalue weighted by atomic mass is 9.91. The summed E-state index contributed by atoms with van der Waals surface area (Å²) in [6.07, 6.45) is 0. The molecular formula is C63H41N5. The molecule has 0 fully saturated rings. The van der Waals surface area contributed by atoms with E-state index in [0.29, 0.717) is 17.6 Å². The molecule has 0 unspecified atom stereocenters. The van der Waals surface area contributed by atoms with Crippen LogP contribution in [0.3, 0.4) is 0 Å². The highest BCUT2D eigenvalue weighted by atomic mass is 15.2. The minimum atomic E-state index is 0.561.